The predicted octanol–water partition coefficient (Wildman–Crippen LogP) is 1.82. The second kappa shape index (κ2) is 5.16. The minimum Gasteiger partial charge on any atom is -0.288 e. The number of carbonyl (C=O) groups is 1. The molecule has 0 saturated heterocycles. The van der Waals surface area contributed by atoms with Crippen LogP contribution in [0.1, 0.15) is 41.9 Å². The van der Waals surface area contributed by atoms with Gasteiger partial charge in [-0.05, 0) is 12.8 Å². The summed E-state index contributed by atoms with van der Waals surface area (Å²) < 4.78 is 3.48. The standard InChI is InChI=1S/C13H18N4O/c1-4-6-17-8-10(7-14-17)13(18)11-9-16(3)15-12(11)5-2/h7-9H,4-6H2,1-3H3. The maximum Gasteiger partial charge on any atom is 0.199 e. The molecule has 0 bridgehead atoms. The summed E-state index contributed by atoms with van der Waals surface area (Å²) in [6.07, 6.45) is 6.97. The molecule has 0 atom stereocenters. The molecule has 0 unspecified atom stereocenters. The number of aryl methyl sites for hydroxylation is 3. The van der Waals surface area contributed by atoms with Crippen molar-refractivity contribution in [2.24, 2.45) is 7.05 Å². The second-order valence-corrected chi connectivity index (χ2v) is 4.34. The van der Waals surface area contributed by atoms with Crippen LogP contribution >= 0.6 is 0 Å². The monoisotopic (exact) mass is 246 g/mol. The molecule has 5 nitrogen and oxygen atoms in total. The van der Waals surface area contributed by atoms with Gasteiger partial charge in [0, 0.05) is 26.0 Å². The molecule has 0 N–H and O–H groups in total. The molecule has 0 spiro atoms. The van der Waals surface area contributed by atoms with E-state index < -0.39 is 0 Å². The molecule has 0 aliphatic carbocycles. The molecule has 2 heterocycles. The van der Waals surface area contributed by atoms with Gasteiger partial charge in [-0.3, -0.25) is 14.2 Å². The molecule has 2 aromatic heterocycles. The summed E-state index contributed by atoms with van der Waals surface area (Å²) in [5.74, 6) is 0.00213. The van der Waals surface area contributed by atoms with Crippen molar-refractivity contribution in [3.8, 4) is 0 Å². The van der Waals surface area contributed by atoms with E-state index in [2.05, 4.69) is 17.1 Å². The molecule has 0 aliphatic rings. The van der Waals surface area contributed by atoms with Gasteiger partial charge in [0.15, 0.2) is 5.78 Å². The SMILES string of the molecule is CCCn1cc(C(=O)c2cn(C)nc2CC)cn1. The van der Waals surface area contributed by atoms with E-state index >= 15 is 0 Å². The molecule has 2 aromatic rings. The molecule has 0 aromatic carbocycles. The first-order valence-electron chi connectivity index (χ1n) is 6.25. The fourth-order valence-corrected chi connectivity index (χ4v) is 1.97. The average Bonchev–Trinajstić information content (AvgIpc) is 2.95. The fraction of sp³-hybridized carbons (Fsp3) is 0.462. The Kier molecular flexibility index (Phi) is 3.60. The number of hydrogen-bond donors (Lipinski definition) is 0. The zero-order valence-electron chi connectivity index (χ0n) is 11.1. The Bertz CT molecular complexity index is 553. The lowest BCUT2D eigenvalue weighted by atomic mass is 10.1. The van der Waals surface area contributed by atoms with Gasteiger partial charge in [-0.2, -0.15) is 10.2 Å². The molecule has 96 valence electrons. The molecule has 0 saturated carbocycles. The Labute approximate surface area is 106 Å². The van der Waals surface area contributed by atoms with E-state index in [0.717, 1.165) is 25.1 Å². The molecular formula is C13H18N4O. The molecule has 5 heteroatoms. The summed E-state index contributed by atoms with van der Waals surface area (Å²) in [5.41, 5.74) is 2.15. The van der Waals surface area contributed by atoms with E-state index in [1.165, 1.54) is 0 Å². The third kappa shape index (κ3) is 2.34. The third-order valence-corrected chi connectivity index (χ3v) is 2.83. The van der Waals surface area contributed by atoms with Crippen LogP contribution in [0.15, 0.2) is 18.6 Å². The largest absolute Gasteiger partial charge is 0.288 e. The van der Waals surface area contributed by atoms with Crippen LogP contribution in [0.3, 0.4) is 0 Å². The Morgan fingerprint density at radius 3 is 2.78 bits per heavy atom. The van der Waals surface area contributed by atoms with Crippen LogP contribution in [0.2, 0.25) is 0 Å². The van der Waals surface area contributed by atoms with Crippen LogP contribution in [0, 0.1) is 0 Å². The van der Waals surface area contributed by atoms with Crippen molar-refractivity contribution < 1.29 is 4.79 Å². The zero-order chi connectivity index (χ0) is 13.1. The molecule has 0 amide bonds. The summed E-state index contributed by atoms with van der Waals surface area (Å²) >= 11 is 0. The molecule has 0 aliphatic heterocycles. The van der Waals surface area contributed by atoms with Crippen molar-refractivity contribution in [2.75, 3.05) is 0 Å². The van der Waals surface area contributed by atoms with Gasteiger partial charge in [0.2, 0.25) is 0 Å². The lowest BCUT2D eigenvalue weighted by Gasteiger charge is -1.97. The van der Waals surface area contributed by atoms with Crippen molar-refractivity contribution in [3.05, 3.63) is 35.4 Å². The fourth-order valence-electron chi connectivity index (χ4n) is 1.97. The van der Waals surface area contributed by atoms with Crippen molar-refractivity contribution in [1.29, 1.82) is 0 Å². The normalized spacial score (nSPS) is 10.8. The number of ketones is 1. The first-order valence-corrected chi connectivity index (χ1v) is 6.25. The first-order chi connectivity index (χ1) is 8.65. The quantitative estimate of drug-likeness (QED) is 0.756. The van der Waals surface area contributed by atoms with E-state index in [4.69, 9.17) is 0 Å². The van der Waals surface area contributed by atoms with Gasteiger partial charge in [-0.25, -0.2) is 0 Å². The van der Waals surface area contributed by atoms with Gasteiger partial charge in [0.05, 0.1) is 23.0 Å². The molecular weight excluding hydrogens is 228 g/mol. The highest BCUT2D eigenvalue weighted by atomic mass is 16.1. The molecule has 2 rings (SSSR count). The minimum absolute atomic E-state index is 0.00213. The topological polar surface area (TPSA) is 52.7 Å². The maximum absolute atomic E-state index is 12.4. The summed E-state index contributed by atoms with van der Waals surface area (Å²) in [4.78, 5) is 12.4. The van der Waals surface area contributed by atoms with Gasteiger partial charge in [-0.1, -0.05) is 13.8 Å². The number of nitrogens with zero attached hydrogens (tertiary/aromatic N) is 4. The van der Waals surface area contributed by atoms with Crippen LogP contribution in [-0.4, -0.2) is 25.3 Å². The highest BCUT2D eigenvalue weighted by molar-refractivity contribution is 6.09. The van der Waals surface area contributed by atoms with Gasteiger partial charge in [0.1, 0.15) is 0 Å². The third-order valence-electron chi connectivity index (χ3n) is 2.83. The van der Waals surface area contributed by atoms with E-state index in [1.54, 1.807) is 28.0 Å². The lowest BCUT2D eigenvalue weighted by Crippen LogP contribution is -2.02. The first kappa shape index (κ1) is 12.5. The van der Waals surface area contributed by atoms with Gasteiger partial charge < -0.3 is 0 Å². The zero-order valence-corrected chi connectivity index (χ0v) is 11.1. The van der Waals surface area contributed by atoms with E-state index in [-0.39, 0.29) is 5.78 Å². The minimum atomic E-state index is 0.00213. The summed E-state index contributed by atoms with van der Waals surface area (Å²) in [6.45, 7) is 4.92. The average molecular weight is 246 g/mol. The van der Waals surface area contributed by atoms with Gasteiger partial charge >= 0.3 is 0 Å². The van der Waals surface area contributed by atoms with Crippen LogP contribution in [0.4, 0.5) is 0 Å². The highest BCUT2D eigenvalue weighted by Crippen LogP contribution is 2.13. The van der Waals surface area contributed by atoms with Gasteiger partial charge in [0.25, 0.3) is 0 Å². The Hall–Kier alpha value is -1.91. The van der Waals surface area contributed by atoms with Crippen LogP contribution in [-0.2, 0) is 20.0 Å². The second-order valence-electron chi connectivity index (χ2n) is 4.34. The van der Waals surface area contributed by atoms with Crippen molar-refractivity contribution in [3.63, 3.8) is 0 Å². The van der Waals surface area contributed by atoms with Crippen LogP contribution in [0.5, 0.6) is 0 Å². The Morgan fingerprint density at radius 2 is 2.11 bits per heavy atom. The number of aromatic nitrogens is 4. The predicted molar refractivity (Wildman–Crippen MR) is 68.5 cm³/mol. The molecule has 0 radical (unpaired) electrons. The Balaban J connectivity index is 2.29. The molecule has 18 heavy (non-hydrogen) atoms. The molecule has 0 fully saturated rings. The van der Waals surface area contributed by atoms with Crippen molar-refractivity contribution in [1.82, 2.24) is 19.6 Å². The number of rotatable bonds is 5. The smallest absolute Gasteiger partial charge is 0.199 e. The van der Waals surface area contributed by atoms with Gasteiger partial charge in [-0.15, -0.1) is 0 Å². The summed E-state index contributed by atoms with van der Waals surface area (Å²) in [5, 5.41) is 8.47. The number of carbonyl (C=O) groups excluding carboxylic acids is 1. The van der Waals surface area contributed by atoms with E-state index in [9.17, 15) is 4.79 Å². The van der Waals surface area contributed by atoms with Crippen LogP contribution < -0.4 is 0 Å². The van der Waals surface area contributed by atoms with Crippen molar-refractivity contribution in [2.45, 2.75) is 33.2 Å². The van der Waals surface area contributed by atoms with E-state index in [1.807, 2.05) is 14.0 Å². The highest BCUT2D eigenvalue weighted by Gasteiger charge is 2.17. The van der Waals surface area contributed by atoms with E-state index in [0.29, 0.717) is 11.1 Å². The maximum atomic E-state index is 12.4. The Morgan fingerprint density at radius 1 is 1.33 bits per heavy atom. The van der Waals surface area contributed by atoms with Crippen molar-refractivity contribution >= 4 is 5.78 Å². The summed E-state index contributed by atoms with van der Waals surface area (Å²) in [6, 6.07) is 0. The van der Waals surface area contributed by atoms with Crippen LogP contribution in [0.25, 0.3) is 0 Å². The number of hydrogen-bond acceptors (Lipinski definition) is 3. The summed E-state index contributed by atoms with van der Waals surface area (Å²) in [7, 11) is 1.83. The lowest BCUT2D eigenvalue weighted by molar-refractivity contribution is 0.103.